The fourth-order valence-corrected chi connectivity index (χ4v) is 2.22. The lowest BCUT2D eigenvalue weighted by Gasteiger charge is -2.17. The van der Waals surface area contributed by atoms with Gasteiger partial charge >= 0.3 is 0 Å². The van der Waals surface area contributed by atoms with Gasteiger partial charge in [-0.05, 0) is 30.2 Å². The fourth-order valence-electron chi connectivity index (χ4n) is 2.22. The van der Waals surface area contributed by atoms with E-state index in [0.717, 1.165) is 25.2 Å². The molecular formula is C18H22FN3O. The normalized spacial score (nSPS) is 10.4. The molecule has 5 heteroatoms. The number of hydrogen-bond donors (Lipinski definition) is 1. The van der Waals surface area contributed by atoms with Crippen molar-refractivity contribution in [1.29, 1.82) is 0 Å². The Morgan fingerprint density at radius 2 is 2.04 bits per heavy atom. The van der Waals surface area contributed by atoms with E-state index in [-0.39, 0.29) is 18.1 Å². The molecule has 0 bridgehead atoms. The number of rotatable bonds is 7. The molecule has 0 unspecified atom stereocenters. The first-order chi connectivity index (χ1) is 11.1. The highest BCUT2D eigenvalue weighted by atomic mass is 19.1. The summed E-state index contributed by atoms with van der Waals surface area (Å²) in [6.07, 6.45) is 3.87. The smallest absolute Gasteiger partial charge is 0.228 e. The number of unbranched alkanes of at least 4 members (excludes halogenated alkanes) is 1. The molecule has 0 aliphatic heterocycles. The topological polar surface area (TPSA) is 45.2 Å². The SMILES string of the molecule is CCCCN(C)c1ccc(NC(=O)Cc2ccccc2F)cn1. The monoisotopic (exact) mass is 315 g/mol. The highest BCUT2D eigenvalue weighted by molar-refractivity contribution is 5.92. The molecular weight excluding hydrogens is 293 g/mol. The second-order valence-electron chi connectivity index (χ2n) is 5.50. The van der Waals surface area contributed by atoms with Crippen molar-refractivity contribution in [1.82, 2.24) is 4.98 Å². The summed E-state index contributed by atoms with van der Waals surface area (Å²) < 4.78 is 13.5. The molecule has 0 saturated carbocycles. The van der Waals surface area contributed by atoms with E-state index in [1.807, 2.05) is 19.2 Å². The molecule has 0 fully saturated rings. The summed E-state index contributed by atoms with van der Waals surface area (Å²) in [5.41, 5.74) is 0.993. The Labute approximate surface area is 136 Å². The molecule has 1 aromatic carbocycles. The van der Waals surface area contributed by atoms with E-state index >= 15 is 0 Å². The summed E-state index contributed by atoms with van der Waals surface area (Å²) >= 11 is 0. The third kappa shape index (κ3) is 5.06. The lowest BCUT2D eigenvalue weighted by molar-refractivity contribution is -0.115. The largest absolute Gasteiger partial charge is 0.360 e. The Bertz CT molecular complexity index is 643. The molecule has 23 heavy (non-hydrogen) atoms. The molecule has 2 aromatic rings. The van der Waals surface area contributed by atoms with Crippen molar-refractivity contribution in [3.05, 3.63) is 54.0 Å². The van der Waals surface area contributed by atoms with Gasteiger partial charge in [0, 0.05) is 13.6 Å². The average Bonchev–Trinajstić information content (AvgIpc) is 2.55. The van der Waals surface area contributed by atoms with Gasteiger partial charge in [-0.25, -0.2) is 9.37 Å². The van der Waals surface area contributed by atoms with Crippen molar-refractivity contribution in [3.8, 4) is 0 Å². The van der Waals surface area contributed by atoms with E-state index in [9.17, 15) is 9.18 Å². The van der Waals surface area contributed by atoms with E-state index in [0.29, 0.717) is 11.3 Å². The Balaban J connectivity index is 1.93. The molecule has 2 rings (SSSR count). The van der Waals surface area contributed by atoms with Crippen molar-refractivity contribution in [2.75, 3.05) is 23.8 Å². The second kappa shape index (κ2) is 8.27. The molecule has 1 heterocycles. The van der Waals surface area contributed by atoms with Crippen LogP contribution in [-0.4, -0.2) is 24.5 Å². The number of nitrogens with zero attached hydrogens (tertiary/aromatic N) is 2. The zero-order valence-corrected chi connectivity index (χ0v) is 13.6. The van der Waals surface area contributed by atoms with Crippen LogP contribution in [0, 0.1) is 5.82 Å². The zero-order chi connectivity index (χ0) is 16.7. The van der Waals surface area contributed by atoms with Gasteiger partial charge in [-0.15, -0.1) is 0 Å². The first kappa shape index (κ1) is 16.9. The van der Waals surface area contributed by atoms with Crippen molar-refractivity contribution in [2.24, 2.45) is 0 Å². The lowest BCUT2D eigenvalue weighted by atomic mass is 10.1. The number of hydrogen-bond acceptors (Lipinski definition) is 3. The summed E-state index contributed by atoms with van der Waals surface area (Å²) in [6.45, 7) is 3.10. The Morgan fingerprint density at radius 1 is 1.26 bits per heavy atom. The third-order valence-electron chi connectivity index (χ3n) is 3.58. The minimum absolute atomic E-state index is 0.00479. The molecule has 122 valence electrons. The Kier molecular flexibility index (Phi) is 6.09. The number of carbonyl (C=O) groups is 1. The number of halogens is 1. The average molecular weight is 315 g/mol. The molecule has 4 nitrogen and oxygen atoms in total. The van der Waals surface area contributed by atoms with Crippen LogP contribution in [0.1, 0.15) is 25.3 Å². The summed E-state index contributed by atoms with van der Waals surface area (Å²) in [4.78, 5) is 18.4. The van der Waals surface area contributed by atoms with E-state index < -0.39 is 0 Å². The highest BCUT2D eigenvalue weighted by Gasteiger charge is 2.08. The van der Waals surface area contributed by atoms with Crippen LogP contribution in [0.25, 0.3) is 0 Å². The number of nitrogens with one attached hydrogen (secondary N) is 1. The van der Waals surface area contributed by atoms with Crippen LogP contribution in [0.15, 0.2) is 42.6 Å². The maximum Gasteiger partial charge on any atom is 0.228 e. The van der Waals surface area contributed by atoms with Crippen LogP contribution in [0.5, 0.6) is 0 Å². The second-order valence-corrected chi connectivity index (χ2v) is 5.50. The number of pyridine rings is 1. The molecule has 0 spiro atoms. The third-order valence-corrected chi connectivity index (χ3v) is 3.58. The lowest BCUT2D eigenvalue weighted by Crippen LogP contribution is -2.20. The summed E-state index contributed by atoms with van der Waals surface area (Å²) in [5.74, 6) is 0.239. The van der Waals surface area contributed by atoms with Crippen LogP contribution in [0.3, 0.4) is 0 Å². The fraction of sp³-hybridized carbons (Fsp3) is 0.333. The molecule has 1 N–H and O–H groups in total. The maximum absolute atomic E-state index is 13.5. The molecule has 1 amide bonds. The van der Waals surface area contributed by atoms with Gasteiger partial charge in [-0.2, -0.15) is 0 Å². The van der Waals surface area contributed by atoms with Crippen LogP contribution < -0.4 is 10.2 Å². The molecule has 0 aliphatic carbocycles. The van der Waals surface area contributed by atoms with Gasteiger partial charge in [0.2, 0.25) is 5.91 Å². The van der Waals surface area contributed by atoms with E-state index in [4.69, 9.17) is 0 Å². The van der Waals surface area contributed by atoms with Crippen LogP contribution in [0.4, 0.5) is 15.9 Å². The zero-order valence-electron chi connectivity index (χ0n) is 13.6. The maximum atomic E-state index is 13.5. The van der Waals surface area contributed by atoms with Gasteiger partial charge in [0.05, 0.1) is 18.3 Å². The standard InChI is InChI=1S/C18H22FN3O/c1-3-4-11-22(2)17-10-9-15(13-20-17)21-18(23)12-14-7-5-6-8-16(14)19/h5-10,13H,3-4,11-12H2,1-2H3,(H,21,23). The predicted molar refractivity (Wildman–Crippen MR) is 91.1 cm³/mol. The molecule has 0 aliphatic rings. The first-order valence-electron chi connectivity index (χ1n) is 7.80. The minimum Gasteiger partial charge on any atom is -0.360 e. The van der Waals surface area contributed by atoms with Gasteiger partial charge < -0.3 is 10.2 Å². The van der Waals surface area contributed by atoms with Crippen molar-refractivity contribution in [3.63, 3.8) is 0 Å². The Morgan fingerprint density at radius 3 is 2.70 bits per heavy atom. The molecule has 0 radical (unpaired) electrons. The van der Waals surface area contributed by atoms with E-state index in [1.54, 1.807) is 24.4 Å². The van der Waals surface area contributed by atoms with E-state index in [2.05, 4.69) is 22.1 Å². The minimum atomic E-state index is -0.367. The number of benzene rings is 1. The molecule has 1 aromatic heterocycles. The number of anilines is 2. The summed E-state index contributed by atoms with van der Waals surface area (Å²) in [5, 5.41) is 2.74. The number of carbonyl (C=O) groups excluding carboxylic acids is 1. The number of amides is 1. The highest BCUT2D eigenvalue weighted by Crippen LogP contribution is 2.14. The first-order valence-corrected chi connectivity index (χ1v) is 7.80. The van der Waals surface area contributed by atoms with E-state index in [1.165, 1.54) is 6.07 Å². The van der Waals surface area contributed by atoms with Crippen LogP contribution in [-0.2, 0) is 11.2 Å². The van der Waals surface area contributed by atoms with Gasteiger partial charge in [-0.3, -0.25) is 4.79 Å². The molecule has 0 atom stereocenters. The Hall–Kier alpha value is -2.43. The number of aromatic nitrogens is 1. The van der Waals surface area contributed by atoms with Crippen molar-refractivity contribution in [2.45, 2.75) is 26.2 Å². The van der Waals surface area contributed by atoms with Crippen molar-refractivity contribution >= 4 is 17.4 Å². The van der Waals surface area contributed by atoms with Gasteiger partial charge in [0.1, 0.15) is 11.6 Å². The van der Waals surface area contributed by atoms with Gasteiger partial charge in [0.25, 0.3) is 0 Å². The predicted octanol–water partition coefficient (Wildman–Crippen LogP) is 3.64. The van der Waals surface area contributed by atoms with Crippen LogP contribution >= 0.6 is 0 Å². The van der Waals surface area contributed by atoms with Gasteiger partial charge in [0.15, 0.2) is 0 Å². The quantitative estimate of drug-likeness (QED) is 0.848. The molecule has 0 saturated heterocycles. The van der Waals surface area contributed by atoms with Crippen molar-refractivity contribution < 1.29 is 9.18 Å². The summed E-state index contributed by atoms with van der Waals surface area (Å²) in [7, 11) is 1.99. The van der Waals surface area contributed by atoms with Gasteiger partial charge in [-0.1, -0.05) is 31.5 Å². The van der Waals surface area contributed by atoms with Crippen LogP contribution in [0.2, 0.25) is 0 Å². The summed E-state index contributed by atoms with van der Waals surface area (Å²) in [6, 6.07) is 9.96.